The van der Waals surface area contributed by atoms with E-state index in [0.717, 1.165) is 0 Å². The maximum absolute atomic E-state index is 13.0. The summed E-state index contributed by atoms with van der Waals surface area (Å²) in [6.45, 7) is 0.974. The van der Waals surface area contributed by atoms with Gasteiger partial charge in [0.2, 0.25) is 0 Å². The number of esters is 1. The highest BCUT2D eigenvalue weighted by Gasteiger charge is 2.48. The first kappa shape index (κ1) is 19.3. The summed E-state index contributed by atoms with van der Waals surface area (Å²) in [7, 11) is -5.84. The second-order valence-corrected chi connectivity index (χ2v) is 11.2. The van der Waals surface area contributed by atoms with Crippen LogP contribution in [0.2, 0.25) is 0 Å². The van der Waals surface area contributed by atoms with Crippen LogP contribution in [0.15, 0.2) is 35.2 Å². The molecule has 9 heteroatoms. The molecule has 2 fully saturated rings. The van der Waals surface area contributed by atoms with E-state index in [-0.39, 0.29) is 28.3 Å². The van der Waals surface area contributed by atoms with Crippen molar-refractivity contribution >= 4 is 25.6 Å². The predicted molar refractivity (Wildman–Crippen MR) is 96.2 cm³/mol. The van der Waals surface area contributed by atoms with Crippen LogP contribution < -0.4 is 0 Å². The van der Waals surface area contributed by atoms with Gasteiger partial charge < -0.3 is 4.74 Å². The number of hydrogen-bond donors (Lipinski definition) is 0. The third-order valence-corrected chi connectivity index (χ3v) is 9.41. The van der Waals surface area contributed by atoms with Crippen molar-refractivity contribution in [3.8, 4) is 0 Å². The molecular weight excluding hydrogens is 378 g/mol. The topological polar surface area (TPSA) is 97.8 Å². The van der Waals surface area contributed by atoms with Crippen LogP contribution in [-0.2, 0) is 29.2 Å². The highest BCUT2D eigenvalue weighted by atomic mass is 32.2. The molecule has 0 amide bonds. The zero-order chi connectivity index (χ0) is 18.9. The number of likely N-dealkylation sites (tertiary alicyclic amines) is 1. The van der Waals surface area contributed by atoms with Crippen LogP contribution in [0.3, 0.4) is 0 Å². The van der Waals surface area contributed by atoms with E-state index in [1.807, 2.05) is 4.90 Å². The lowest BCUT2D eigenvalue weighted by molar-refractivity contribution is -0.147. The number of rotatable bonds is 4. The fourth-order valence-corrected chi connectivity index (χ4v) is 8.70. The maximum atomic E-state index is 13.0. The minimum absolute atomic E-state index is 0.150. The van der Waals surface area contributed by atoms with Crippen LogP contribution in [0.25, 0.3) is 0 Å². The molecular formula is C17H23NO6S2. The van der Waals surface area contributed by atoms with Gasteiger partial charge in [0, 0.05) is 6.04 Å². The second kappa shape index (κ2) is 7.28. The van der Waals surface area contributed by atoms with Gasteiger partial charge in [-0.25, -0.2) is 16.8 Å². The Kier molecular flexibility index (Phi) is 5.41. The normalized spacial score (nSPS) is 27.3. The number of piperidine rings is 1. The molecule has 0 aliphatic carbocycles. The van der Waals surface area contributed by atoms with Crippen molar-refractivity contribution in [2.75, 3.05) is 31.7 Å². The monoisotopic (exact) mass is 401 g/mol. The van der Waals surface area contributed by atoms with Crippen LogP contribution in [0.4, 0.5) is 0 Å². The van der Waals surface area contributed by atoms with Gasteiger partial charge in [0.15, 0.2) is 19.7 Å². The number of nitrogens with zero attached hydrogens (tertiary/aromatic N) is 1. The lowest BCUT2D eigenvalue weighted by Crippen LogP contribution is -2.50. The van der Waals surface area contributed by atoms with Gasteiger partial charge in [0.1, 0.15) is 0 Å². The van der Waals surface area contributed by atoms with Crippen molar-refractivity contribution in [3.05, 3.63) is 30.3 Å². The van der Waals surface area contributed by atoms with Gasteiger partial charge >= 0.3 is 5.97 Å². The van der Waals surface area contributed by atoms with E-state index in [1.54, 1.807) is 18.2 Å². The summed E-state index contributed by atoms with van der Waals surface area (Å²) in [4.78, 5) is 13.7. The third kappa shape index (κ3) is 3.79. The quantitative estimate of drug-likeness (QED) is 0.678. The second-order valence-electron chi connectivity index (χ2n) is 6.87. The van der Waals surface area contributed by atoms with Crippen LogP contribution in [0.5, 0.6) is 0 Å². The first-order chi connectivity index (χ1) is 12.2. The number of methoxy groups -OCH3 is 1. The van der Waals surface area contributed by atoms with E-state index < -0.39 is 31.0 Å². The molecule has 26 heavy (non-hydrogen) atoms. The third-order valence-electron chi connectivity index (χ3n) is 5.28. The molecule has 144 valence electrons. The van der Waals surface area contributed by atoms with Gasteiger partial charge in [-0.05, 0) is 38.1 Å². The number of sulfone groups is 2. The highest BCUT2D eigenvalue weighted by Crippen LogP contribution is 2.31. The van der Waals surface area contributed by atoms with Crippen LogP contribution >= 0.6 is 0 Å². The molecule has 0 bridgehead atoms. The van der Waals surface area contributed by atoms with Crippen LogP contribution in [0, 0.1) is 5.92 Å². The molecule has 7 nitrogen and oxygen atoms in total. The first-order valence-electron chi connectivity index (χ1n) is 8.56. The van der Waals surface area contributed by atoms with E-state index in [4.69, 9.17) is 4.74 Å². The number of ether oxygens (including phenoxy) is 1. The number of hydrogen-bond acceptors (Lipinski definition) is 7. The lowest BCUT2D eigenvalue weighted by Gasteiger charge is -2.36. The molecule has 1 aromatic rings. The number of carbonyl (C=O) groups is 1. The van der Waals surface area contributed by atoms with E-state index in [9.17, 15) is 21.6 Å². The van der Waals surface area contributed by atoms with Gasteiger partial charge in [-0.1, -0.05) is 18.2 Å². The Bertz CT molecular complexity index is 858. The highest BCUT2D eigenvalue weighted by molar-refractivity contribution is 7.96. The standard InChI is InChI=1S/C17H23NO6S2/c1-24-17(19)13-7-9-18(10-8-13)15-11-25(20,21)12-16(15)26(22,23)14-5-3-2-4-6-14/h2-6,13,15-16H,7-12H2,1H3. The summed E-state index contributed by atoms with van der Waals surface area (Å²) in [5, 5.41) is -0.982. The Morgan fingerprint density at radius 3 is 2.31 bits per heavy atom. The predicted octanol–water partition coefficient (Wildman–Crippen LogP) is 0.511. The van der Waals surface area contributed by atoms with Crippen molar-refractivity contribution in [1.82, 2.24) is 4.90 Å². The molecule has 2 saturated heterocycles. The van der Waals surface area contributed by atoms with E-state index in [0.29, 0.717) is 25.9 Å². The van der Waals surface area contributed by atoms with Crippen molar-refractivity contribution < 1.29 is 26.4 Å². The zero-order valence-electron chi connectivity index (χ0n) is 14.6. The molecule has 0 spiro atoms. The SMILES string of the molecule is COC(=O)C1CCN(C2CS(=O)(=O)CC2S(=O)(=O)c2ccccc2)CC1. The van der Waals surface area contributed by atoms with Crippen LogP contribution in [-0.4, -0.2) is 70.7 Å². The summed E-state index contributed by atoms with van der Waals surface area (Å²) in [6, 6.07) is 7.41. The smallest absolute Gasteiger partial charge is 0.308 e. The molecule has 1 aromatic carbocycles. The maximum Gasteiger partial charge on any atom is 0.308 e. The van der Waals surface area contributed by atoms with Crippen molar-refractivity contribution in [1.29, 1.82) is 0 Å². The van der Waals surface area contributed by atoms with E-state index in [2.05, 4.69) is 0 Å². The Morgan fingerprint density at radius 2 is 1.73 bits per heavy atom. The van der Waals surface area contributed by atoms with Gasteiger partial charge in [0.25, 0.3) is 0 Å². The van der Waals surface area contributed by atoms with Gasteiger partial charge in [0.05, 0.1) is 34.7 Å². The summed E-state index contributed by atoms with van der Waals surface area (Å²) >= 11 is 0. The average molecular weight is 402 g/mol. The first-order valence-corrected chi connectivity index (χ1v) is 11.9. The summed E-state index contributed by atoms with van der Waals surface area (Å²) in [5.74, 6) is -0.992. The molecule has 2 aliphatic rings. The van der Waals surface area contributed by atoms with Crippen molar-refractivity contribution in [3.63, 3.8) is 0 Å². The minimum Gasteiger partial charge on any atom is -0.469 e. The summed E-state index contributed by atoms with van der Waals surface area (Å²) in [5.41, 5.74) is 0. The largest absolute Gasteiger partial charge is 0.469 e. The fraction of sp³-hybridized carbons (Fsp3) is 0.588. The minimum atomic E-state index is -3.76. The Balaban J connectivity index is 1.83. The van der Waals surface area contributed by atoms with Crippen molar-refractivity contribution in [2.45, 2.75) is 29.0 Å². The molecule has 0 N–H and O–H groups in total. The van der Waals surface area contributed by atoms with Gasteiger partial charge in [-0.15, -0.1) is 0 Å². The fourth-order valence-electron chi connectivity index (χ4n) is 3.85. The van der Waals surface area contributed by atoms with E-state index >= 15 is 0 Å². The summed E-state index contributed by atoms with van der Waals surface area (Å²) < 4.78 is 55.3. The van der Waals surface area contributed by atoms with Gasteiger partial charge in [-0.2, -0.15) is 0 Å². The molecule has 2 unspecified atom stereocenters. The molecule has 2 atom stereocenters. The lowest BCUT2D eigenvalue weighted by atomic mass is 9.95. The molecule has 0 saturated carbocycles. The zero-order valence-corrected chi connectivity index (χ0v) is 16.2. The van der Waals surface area contributed by atoms with E-state index in [1.165, 1.54) is 19.2 Å². The molecule has 0 radical (unpaired) electrons. The van der Waals surface area contributed by atoms with Gasteiger partial charge in [-0.3, -0.25) is 9.69 Å². The molecule has 2 aliphatic heterocycles. The number of carbonyl (C=O) groups excluding carboxylic acids is 1. The molecule has 0 aromatic heterocycles. The van der Waals surface area contributed by atoms with Crippen LogP contribution in [0.1, 0.15) is 12.8 Å². The Labute approximate surface area is 154 Å². The Hall–Kier alpha value is -1.45. The molecule has 2 heterocycles. The molecule has 3 rings (SSSR count). The Morgan fingerprint density at radius 1 is 1.12 bits per heavy atom. The van der Waals surface area contributed by atoms with Crippen molar-refractivity contribution in [2.24, 2.45) is 5.92 Å². The average Bonchev–Trinajstić information content (AvgIpc) is 2.98. The summed E-state index contributed by atoms with van der Waals surface area (Å²) in [6.07, 6.45) is 1.09. The number of benzene rings is 1.